The smallest absolute Gasteiger partial charge is 0.124 e. The van der Waals surface area contributed by atoms with E-state index in [1.807, 2.05) is 49.8 Å². The van der Waals surface area contributed by atoms with E-state index in [4.69, 9.17) is 16.3 Å². The molecule has 140 valence electrons. The van der Waals surface area contributed by atoms with Gasteiger partial charge in [-0.05, 0) is 31.2 Å². The molecule has 5 rings (SSSR count). The van der Waals surface area contributed by atoms with E-state index in [2.05, 4.69) is 29.9 Å². The van der Waals surface area contributed by atoms with Crippen molar-refractivity contribution in [2.24, 2.45) is 0 Å². The summed E-state index contributed by atoms with van der Waals surface area (Å²) < 4.78 is 7.85. The van der Waals surface area contributed by atoms with Crippen LogP contribution in [-0.2, 0) is 6.54 Å². The van der Waals surface area contributed by atoms with E-state index in [0.717, 1.165) is 40.6 Å². The Morgan fingerprint density at radius 3 is 3.00 bits per heavy atom. The fourth-order valence-corrected chi connectivity index (χ4v) is 3.68. The zero-order valence-electron chi connectivity index (χ0n) is 15.1. The lowest BCUT2D eigenvalue weighted by molar-refractivity contribution is 0.319. The van der Waals surface area contributed by atoms with Gasteiger partial charge in [0.1, 0.15) is 17.1 Å². The summed E-state index contributed by atoms with van der Waals surface area (Å²) in [5.74, 6) is 1.14. The van der Waals surface area contributed by atoms with Gasteiger partial charge in [0.05, 0.1) is 24.3 Å². The maximum absolute atomic E-state index is 6.05. The Labute approximate surface area is 166 Å². The van der Waals surface area contributed by atoms with Crippen molar-refractivity contribution < 1.29 is 4.74 Å². The van der Waals surface area contributed by atoms with Crippen LogP contribution in [0.3, 0.4) is 0 Å². The minimum atomic E-state index is 0.270. The Kier molecular flexibility index (Phi) is 4.09. The van der Waals surface area contributed by atoms with E-state index in [9.17, 15) is 0 Å². The second-order valence-corrected chi connectivity index (χ2v) is 7.30. The van der Waals surface area contributed by atoms with Crippen molar-refractivity contribution in [3.05, 3.63) is 65.3 Å². The van der Waals surface area contributed by atoms with Crippen LogP contribution in [0.4, 0.5) is 0 Å². The monoisotopic (exact) mass is 392 g/mol. The van der Waals surface area contributed by atoms with Crippen molar-refractivity contribution in [1.29, 1.82) is 0 Å². The van der Waals surface area contributed by atoms with Crippen LogP contribution in [0.5, 0.6) is 5.75 Å². The third-order valence-electron chi connectivity index (χ3n) is 4.94. The van der Waals surface area contributed by atoms with Crippen molar-refractivity contribution >= 4 is 11.6 Å². The Morgan fingerprint density at radius 1 is 1.21 bits per heavy atom. The average Bonchev–Trinajstić information content (AvgIpc) is 3.43. The van der Waals surface area contributed by atoms with Crippen molar-refractivity contribution in [2.45, 2.75) is 19.4 Å². The van der Waals surface area contributed by atoms with Crippen LogP contribution in [0.2, 0.25) is 5.02 Å². The molecule has 0 bridgehead atoms. The van der Waals surface area contributed by atoms with Gasteiger partial charge in [0.15, 0.2) is 0 Å². The topological polar surface area (TPSA) is 81.5 Å². The molecule has 4 heterocycles. The maximum atomic E-state index is 6.05. The SMILES string of the molecule is Cc1[nH]nnc1-c1ccnc(-c2cn(C[C@@H]3COc4cc(Cl)ccc43)cn2)c1. The summed E-state index contributed by atoms with van der Waals surface area (Å²) in [7, 11) is 0. The normalized spacial score (nSPS) is 15.4. The number of fused-ring (bicyclic) bond motifs is 1. The van der Waals surface area contributed by atoms with Gasteiger partial charge in [-0.2, -0.15) is 0 Å². The quantitative estimate of drug-likeness (QED) is 0.570. The standard InChI is InChI=1S/C20H17ClN6O/c1-12-20(25-26-24-12)13-4-5-22-17(6-13)18-9-27(11-23-18)8-14-10-28-19-7-15(21)2-3-16(14)19/h2-7,9,11,14H,8,10H2,1H3,(H,24,25,26)/t14-/m1/s1. The van der Waals surface area contributed by atoms with Crippen LogP contribution >= 0.6 is 11.6 Å². The highest BCUT2D eigenvalue weighted by Gasteiger charge is 2.24. The van der Waals surface area contributed by atoms with E-state index in [0.29, 0.717) is 11.6 Å². The highest BCUT2D eigenvalue weighted by Crippen LogP contribution is 2.36. The number of nitrogens with one attached hydrogen (secondary N) is 1. The molecule has 0 aliphatic carbocycles. The first kappa shape index (κ1) is 16.9. The number of imidazole rings is 1. The molecule has 1 aromatic carbocycles. The summed E-state index contributed by atoms with van der Waals surface area (Å²) in [5, 5.41) is 11.5. The predicted octanol–water partition coefficient (Wildman–Crippen LogP) is 3.87. The molecule has 1 N–H and O–H groups in total. The van der Waals surface area contributed by atoms with Gasteiger partial charge in [0, 0.05) is 41.0 Å². The van der Waals surface area contributed by atoms with E-state index in [1.54, 1.807) is 6.20 Å². The van der Waals surface area contributed by atoms with Crippen molar-refractivity contribution in [3.8, 4) is 28.4 Å². The first-order chi connectivity index (χ1) is 13.7. The largest absolute Gasteiger partial charge is 0.493 e. The van der Waals surface area contributed by atoms with Gasteiger partial charge in [-0.15, -0.1) is 5.10 Å². The summed E-state index contributed by atoms with van der Waals surface area (Å²) in [4.78, 5) is 9.00. The molecule has 8 heteroatoms. The molecule has 4 aromatic rings. The number of pyridine rings is 1. The first-order valence-corrected chi connectivity index (χ1v) is 9.33. The molecule has 0 radical (unpaired) electrons. The summed E-state index contributed by atoms with van der Waals surface area (Å²) in [6.45, 7) is 3.37. The number of hydrogen-bond donors (Lipinski definition) is 1. The number of H-pyrrole nitrogens is 1. The molecule has 7 nitrogen and oxygen atoms in total. The molecular weight excluding hydrogens is 376 g/mol. The Morgan fingerprint density at radius 2 is 2.14 bits per heavy atom. The summed E-state index contributed by atoms with van der Waals surface area (Å²) in [6.07, 6.45) is 5.61. The molecule has 1 aliphatic heterocycles. The first-order valence-electron chi connectivity index (χ1n) is 8.96. The molecule has 0 unspecified atom stereocenters. The highest BCUT2D eigenvalue weighted by molar-refractivity contribution is 6.30. The minimum absolute atomic E-state index is 0.270. The molecule has 0 saturated carbocycles. The Hall–Kier alpha value is -3.19. The number of halogens is 1. The van der Waals surface area contributed by atoms with Gasteiger partial charge in [0.2, 0.25) is 0 Å². The molecule has 1 atom stereocenters. The number of nitrogens with zero attached hydrogens (tertiary/aromatic N) is 5. The molecule has 0 fully saturated rings. The minimum Gasteiger partial charge on any atom is -0.493 e. The Balaban J connectivity index is 1.39. The number of aromatic nitrogens is 6. The number of benzene rings is 1. The molecular formula is C20H17ClN6O. The van der Waals surface area contributed by atoms with Gasteiger partial charge < -0.3 is 9.30 Å². The second kappa shape index (κ2) is 6.76. The number of aryl methyl sites for hydroxylation is 1. The molecule has 28 heavy (non-hydrogen) atoms. The van der Waals surface area contributed by atoms with Gasteiger partial charge in [-0.3, -0.25) is 10.1 Å². The number of ether oxygens (including phenoxy) is 1. The van der Waals surface area contributed by atoms with Crippen LogP contribution in [0.1, 0.15) is 17.2 Å². The van der Waals surface area contributed by atoms with Crippen LogP contribution in [0, 0.1) is 6.92 Å². The van der Waals surface area contributed by atoms with Gasteiger partial charge in [-0.1, -0.05) is 22.9 Å². The zero-order valence-corrected chi connectivity index (χ0v) is 15.9. The summed E-state index contributed by atoms with van der Waals surface area (Å²) >= 11 is 6.05. The lowest BCUT2D eigenvalue weighted by Crippen LogP contribution is -2.09. The predicted molar refractivity (Wildman–Crippen MR) is 105 cm³/mol. The fraction of sp³-hybridized carbons (Fsp3) is 0.200. The van der Waals surface area contributed by atoms with Crippen molar-refractivity contribution in [1.82, 2.24) is 29.9 Å². The second-order valence-electron chi connectivity index (χ2n) is 6.86. The third kappa shape index (κ3) is 3.03. The number of rotatable bonds is 4. The molecule has 0 spiro atoms. The highest BCUT2D eigenvalue weighted by atomic mass is 35.5. The lowest BCUT2D eigenvalue weighted by atomic mass is 10.0. The maximum Gasteiger partial charge on any atom is 0.124 e. The fourth-order valence-electron chi connectivity index (χ4n) is 3.52. The van der Waals surface area contributed by atoms with Crippen molar-refractivity contribution in [2.75, 3.05) is 6.61 Å². The van der Waals surface area contributed by atoms with Crippen LogP contribution < -0.4 is 4.74 Å². The van der Waals surface area contributed by atoms with E-state index in [-0.39, 0.29) is 5.92 Å². The molecule has 0 amide bonds. The molecule has 3 aromatic heterocycles. The van der Waals surface area contributed by atoms with Crippen LogP contribution in [0.15, 0.2) is 49.1 Å². The summed E-state index contributed by atoms with van der Waals surface area (Å²) in [5.41, 5.74) is 5.50. The average molecular weight is 393 g/mol. The third-order valence-corrected chi connectivity index (χ3v) is 5.17. The van der Waals surface area contributed by atoms with Crippen molar-refractivity contribution in [3.63, 3.8) is 0 Å². The van der Waals surface area contributed by atoms with E-state index in [1.165, 1.54) is 5.56 Å². The Bertz CT molecular complexity index is 1150. The molecule has 1 aliphatic rings. The van der Waals surface area contributed by atoms with Gasteiger partial charge in [-0.25, -0.2) is 4.98 Å². The van der Waals surface area contributed by atoms with Gasteiger partial charge >= 0.3 is 0 Å². The zero-order chi connectivity index (χ0) is 19.1. The molecule has 0 saturated heterocycles. The van der Waals surface area contributed by atoms with Gasteiger partial charge in [0.25, 0.3) is 0 Å². The number of hydrogen-bond acceptors (Lipinski definition) is 5. The van der Waals surface area contributed by atoms with E-state index >= 15 is 0 Å². The van der Waals surface area contributed by atoms with Crippen LogP contribution in [-0.4, -0.2) is 36.6 Å². The summed E-state index contributed by atoms with van der Waals surface area (Å²) in [6, 6.07) is 9.72. The van der Waals surface area contributed by atoms with Crippen LogP contribution in [0.25, 0.3) is 22.6 Å². The number of aromatic amines is 1. The lowest BCUT2D eigenvalue weighted by Gasteiger charge is -2.09. The van der Waals surface area contributed by atoms with E-state index < -0.39 is 0 Å².